The molecule has 0 saturated heterocycles. The second kappa shape index (κ2) is 12.5. The topological polar surface area (TPSA) is 49.2 Å². The molecule has 1 N–H and O–H groups in total. The second-order valence-electron chi connectivity index (χ2n) is 10.4. The van der Waals surface area contributed by atoms with Crippen molar-refractivity contribution >= 4 is 17.2 Å². The summed E-state index contributed by atoms with van der Waals surface area (Å²) in [5, 5.41) is 10.4. The van der Waals surface area contributed by atoms with Gasteiger partial charge < -0.3 is 10.0 Å². The standard InChI is InChI=1S/C37H30N3O.Pt/c1-37(2,28-15-4-3-5-16-28)31-19-7-8-22-34(31)40(36-24-10-11-25-38-36)29-17-12-14-27(26-29)32-20-13-21-33(39-32)30-18-6-9-23-35(30)41;/h3-25,41H,1-2H3;/q-1;. The van der Waals surface area contributed by atoms with E-state index in [2.05, 4.69) is 79.4 Å². The molecule has 0 fully saturated rings. The Labute approximate surface area is 261 Å². The molecule has 2 aromatic heterocycles. The summed E-state index contributed by atoms with van der Waals surface area (Å²) in [6.45, 7) is 4.51. The number of pyridine rings is 2. The van der Waals surface area contributed by atoms with Crippen molar-refractivity contribution in [2.24, 2.45) is 0 Å². The molecule has 4 aromatic carbocycles. The van der Waals surface area contributed by atoms with Crippen LogP contribution in [-0.4, -0.2) is 15.1 Å². The number of phenols is 1. The third kappa shape index (κ3) is 5.77. The van der Waals surface area contributed by atoms with Crippen LogP contribution in [0.1, 0.15) is 25.0 Å². The van der Waals surface area contributed by atoms with E-state index in [4.69, 9.17) is 9.97 Å². The maximum absolute atomic E-state index is 10.4. The molecule has 0 amide bonds. The van der Waals surface area contributed by atoms with Gasteiger partial charge in [0, 0.05) is 43.9 Å². The number of rotatable bonds is 7. The SMILES string of the molecule is CC(C)(c1ccccc1)c1ccccc1N(c1[c-]c(-c2cccc(-c3ccccc3O)n2)ccc1)c1ccccn1.[Pt]. The number of para-hydroxylation sites is 2. The first-order chi connectivity index (χ1) is 20.0. The van der Waals surface area contributed by atoms with E-state index >= 15 is 0 Å². The summed E-state index contributed by atoms with van der Waals surface area (Å²) in [7, 11) is 0. The van der Waals surface area contributed by atoms with E-state index < -0.39 is 0 Å². The Bertz CT molecular complexity index is 1790. The van der Waals surface area contributed by atoms with Crippen molar-refractivity contribution in [1.82, 2.24) is 9.97 Å². The number of aromatic hydroxyl groups is 1. The molecule has 0 unspecified atom stereocenters. The Morgan fingerprint density at radius 1 is 0.667 bits per heavy atom. The Hall–Kier alpha value is -4.53. The van der Waals surface area contributed by atoms with Crippen molar-refractivity contribution < 1.29 is 26.2 Å². The molecule has 6 aromatic rings. The van der Waals surface area contributed by atoms with Gasteiger partial charge in [-0.25, -0.2) is 4.98 Å². The summed E-state index contributed by atoms with van der Waals surface area (Å²) in [5.41, 5.74) is 7.04. The first-order valence-corrected chi connectivity index (χ1v) is 13.7. The smallest absolute Gasteiger partial charge is 0.136 e. The third-order valence-corrected chi connectivity index (χ3v) is 7.42. The van der Waals surface area contributed by atoms with Crippen LogP contribution in [0.3, 0.4) is 0 Å². The van der Waals surface area contributed by atoms with E-state index in [9.17, 15) is 5.11 Å². The number of hydrogen-bond acceptors (Lipinski definition) is 4. The Morgan fingerprint density at radius 3 is 2.14 bits per heavy atom. The molecule has 6 rings (SSSR count). The zero-order chi connectivity index (χ0) is 28.2. The maximum atomic E-state index is 10.4. The summed E-state index contributed by atoms with van der Waals surface area (Å²) in [6, 6.07) is 47.8. The van der Waals surface area contributed by atoms with Crippen LogP contribution < -0.4 is 4.90 Å². The monoisotopic (exact) mass is 727 g/mol. The van der Waals surface area contributed by atoms with E-state index in [1.807, 2.05) is 79.0 Å². The van der Waals surface area contributed by atoms with Crippen LogP contribution in [-0.2, 0) is 26.5 Å². The summed E-state index contributed by atoms with van der Waals surface area (Å²) in [4.78, 5) is 11.8. The van der Waals surface area contributed by atoms with Crippen molar-refractivity contribution in [2.75, 3.05) is 4.90 Å². The molecule has 210 valence electrons. The van der Waals surface area contributed by atoms with Gasteiger partial charge in [-0.3, -0.25) is 4.98 Å². The average molecular weight is 728 g/mol. The predicted octanol–water partition coefficient (Wildman–Crippen LogP) is 9.11. The fourth-order valence-corrected chi connectivity index (χ4v) is 5.23. The van der Waals surface area contributed by atoms with Gasteiger partial charge in [-0.05, 0) is 58.9 Å². The Kier molecular flexibility index (Phi) is 8.66. The van der Waals surface area contributed by atoms with Gasteiger partial charge in [-0.15, -0.1) is 29.8 Å². The van der Waals surface area contributed by atoms with Crippen molar-refractivity contribution in [3.63, 3.8) is 0 Å². The second-order valence-corrected chi connectivity index (χ2v) is 10.4. The van der Waals surface area contributed by atoms with Gasteiger partial charge in [-0.1, -0.05) is 92.7 Å². The average Bonchev–Trinajstić information content (AvgIpc) is 3.03. The van der Waals surface area contributed by atoms with Gasteiger partial charge in [0.25, 0.3) is 0 Å². The molecule has 4 nitrogen and oxygen atoms in total. The Morgan fingerprint density at radius 2 is 1.36 bits per heavy atom. The van der Waals surface area contributed by atoms with Crippen LogP contribution >= 0.6 is 0 Å². The molecule has 0 radical (unpaired) electrons. The molecule has 0 spiro atoms. The van der Waals surface area contributed by atoms with Gasteiger partial charge in [0.15, 0.2) is 0 Å². The molecule has 0 bridgehead atoms. The first-order valence-electron chi connectivity index (χ1n) is 13.7. The molecule has 2 heterocycles. The van der Waals surface area contributed by atoms with Crippen molar-refractivity contribution in [3.8, 4) is 28.3 Å². The van der Waals surface area contributed by atoms with Crippen LogP contribution in [0.25, 0.3) is 22.5 Å². The number of aromatic nitrogens is 2. The predicted molar refractivity (Wildman–Crippen MR) is 167 cm³/mol. The van der Waals surface area contributed by atoms with E-state index in [1.165, 1.54) is 11.1 Å². The number of benzene rings is 4. The minimum atomic E-state index is -0.268. The van der Waals surface area contributed by atoms with Gasteiger partial charge in [0.2, 0.25) is 0 Å². The van der Waals surface area contributed by atoms with Crippen LogP contribution in [0.15, 0.2) is 140 Å². The molecule has 42 heavy (non-hydrogen) atoms. The van der Waals surface area contributed by atoms with Crippen LogP contribution in [0.4, 0.5) is 17.2 Å². The third-order valence-electron chi connectivity index (χ3n) is 7.42. The zero-order valence-electron chi connectivity index (χ0n) is 23.4. The van der Waals surface area contributed by atoms with Gasteiger partial charge in [0.05, 0.1) is 5.69 Å². The molecule has 0 atom stereocenters. The number of hydrogen-bond donors (Lipinski definition) is 1. The fourth-order valence-electron chi connectivity index (χ4n) is 5.23. The summed E-state index contributed by atoms with van der Waals surface area (Å²) in [6.07, 6.45) is 1.81. The first kappa shape index (κ1) is 29.0. The minimum Gasteiger partial charge on any atom is -0.507 e. The molecule has 0 aliphatic rings. The molecular formula is C37H30N3OPt-. The van der Waals surface area contributed by atoms with E-state index in [0.29, 0.717) is 11.3 Å². The number of phenolic OH excluding ortho intramolecular Hbond substituents is 1. The molecular weight excluding hydrogens is 698 g/mol. The summed E-state index contributed by atoms with van der Waals surface area (Å²) >= 11 is 0. The number of anilines is 3. The molecule has 0 aliphatic heterocycles. The number of nitrogens with zero attached hydrogens (tertiary/aromatic N) is 3. The Balaban J connectivity index is 0.00000353. The quantitative estimate of drug-likeness (QED) is 0.167. The zero-order valence-corrected chi connectivity index (χ0v) is 25.7. The van der Waals surface area contributed by atoms with Crippen molar-refractivity contribution in [2.45, 2.75) is 19.3 Å². The molecule has 5 heteroatoms. The van der Waals surface area contributed by atoms with Crippen LogP contribution in [0, 0.1) is 6.07 Å². The minimum absolute atomic E-state index is 0. The van der Waals surface area contributed by atoms with Crippen LogP contribution in [0.5, 0.6) is 5.75 Å². The largest absolute Gasteiger partial charge is 0.507 e. The van der Waals surface area contributed by atoms with Crippen LogP contribution in [0.2, 0.25) is 0 Å². The van der Waals surface area contributed by atoms with Crippen molar-refractivity contribution in [3.05, 3.63) is 157 Å². The van der Waals surface area contributed by atoms with E-state index in [0.717, 1.165) is 28.5 Å². The maximum Gasteiger partial charge on any atom is 0.136 e. The van der Waals surface area contributed by atoms with Gasteiger partial charge >= 0.3 is 0 Å². The van der Waals surface area contributed by atoms with Gasteiger partial charge in [-0.2, -0.15) is 0 Å². The fraction of sp³-hybridized carbons (Fsp3) is 0.0811. The molecule has 0 saturated carbocycles. The van der Waals surface area contributed by atoms with Gasteiger partial charge in [0.1, 0.15) is 11.6 Å². The normalized spacial score (nSPS) is 11.0. The summed E-state index contributed by atoms with van der Waals surface area (Å²) < 4.78 is 0. The molecule has 0 aliphatic carbocycles. The van der Waals surface area contributed by atoms with Crippen molar-refractivity contribution in [1.29, 1.82) is 0 Å². The van der Waals surface area contributed by atoms with E-state index in [1.54, 1.807) is 6.07 Å². The summed E-state index contributed by atoms with van der Waals surface area (Å²) in [5.74, 6) is 1.00. The van der Waals surface area contributed by atoms with E-state index in [-0.39, 0.29) is 32.2 Å².